The largest absolute Gasteiger partial charge is 0.497 e. The molecule has 0 saturated heterocycles. The van der Waals surface area contributed by atoms with Gasteiger partial charge in [0, 0.05) is 27.3 Å². The lowest BCUT2D eigenvalue weighted by atomic mass is 10.1. The molecule has 0 aliphatic rings. The van der Waals surface area contributed by atoms with Crippen LogP contribution in [0.25, 0.3) is 6.08 Å². The van der Waals surface area contributed by atoms with Crippen molar-refractivity contribution < 1.29 is 23.9 Å². The Labute approximate surface area is 243 Å². The van der Waals surface area contributed by atoms with E-state index < -0.39 is 11.8 Å². The number of para-hydroxylation sites is 1. The highest BCUT2D eigenvalue weighted by molar-refractivity contribution is 8.00. The first kappa shape index (κ1) is 29.2. The van der Waals surface area contributed by atoms with E-state index in [-0.39, 0.29) is 17.2 Å². The fourth-order valence-corrected chi connectivity index (χ4v) is 4.71. The van der Waals surface area contributed by atoms with Crippen LogP contribution in [0.4, 0.5) is 5.69 Å². The van der Waals surface area contributed by atoms with Gasteiger partial charge < -0.3 is 20.1 Å². The summed E-state index contributed by atoms with van der Waals surface area (Å²) >= 11 is 1.37. The number of rotatable bonds is 12. The summed E-state index contributed by atoms with van der Waals surface area (Å²) in [5.41, 5.74) is 2.24. The van der Waals surface area contributed by atoms with Crippen LogP contribution in [0.3, 0.4) is 0 Å². The van der Waals surface area contributed by atoms with Crippen molar-refractivity contribution in [1.82, 2.24) is 5.32 Å². The molecule has 208 valence electrons. The van der Waals surface area contributed by atoms with Gasteiger partial charge in [0.1, 0.15) is 17.2 Å². The lowest BCUT2D eigenvalue weighted by Crippen LogP contribution is -2.30. The van der Waals surface area contributed by atoms with Crippen molar-refractivity contribution in [1.29, 1.82) is 0 Å². The van der Waals surface area contributed by atoms with Crippen molar-refractivity contribution in [2.75, 3.05) is 24.8 Å². The number of hydrogen-bond acceptors (Lipinski definition) is 6. The maximum absolute atomic E-state index is 13.5. The molecule has 0 saturated carbocycles. The number of nitrogens with one attached hydrogen (secondary N) is 2. The topological polar surface area (TPSA) is 93.7 Å². The van der Waals surface area contributed by atoms with E-state index >= 15 is 0 Å². The predicted molar refractivity (Wildman–Crippen MR) is 163 cm³/mol. The first-order chi connectivity index (χ1) is 20.0. The standard InChI is InChI=1S/C33H30N2O5S/c1-3-40-31-15-8-7-12-25(31)20-29(35-32(37)24-10-5-4-6-11-24)33(38)34-26-13-9-14-28(21-26)41-22-30(36)23-16-18-27(39-2)19-17-23/h4-21H,3,22H2,1-2H3,(H,34,38)(H,35,37)/b29-20-. The lowest BCUT2D eigenvalue weighted by Gasteiger charge is -2.13. The maximum Gasteiger partial charge on any atom is 0.272 e. The van der Waals surface area contributed by atoms with E-state index in [1.807, 2.05) is 37.3 Å². The van der Waals surface area contributed by atoms with Gasteiger partial charge in [-0.05, 0) is 73.7 Å². The van der Waals surface area contributed by atoms with Crippen LogP contribution in [-0.2, 0) is 4.79 Å². The highest BCUT2D eigenvalue weighted by Crippen LogP contribution is 2.25. The molecule has 0 atom stereocenters. The fraction of sp³-hybridized carbons (Fsp3) is 0.121. The summed E-state index contributed by atoms with van der Waals surface area (Å²) in [5.74, 6) is 0.575. The molecule has 0 fully saturated rings. The molecule has 0 aromatic heterocycles. The van der Waals surface area contributed by atoms with Crippen LogP contribution in [-0.4, -0.2) is 37.1 Å². The Hall–Kier alpha value is -4.82. The number of hydrogen-bond donors (Lipinski definition) is 2. The summed E-state index contributed by atoms with van der Waals surface area (Å²) in [6.45, 7) is 2.33. The van der Waals surface area contributed by atoms with E-state index in [2.05, 4.69) is 10.6 Å². The van der Waals surface area contributed by atoms with Gasteiger partial charge in [-0.15, -0.1) is 11.8 Å². The summed E-state index contributed by atoms with van der Waals surface area (Å²) in [7, 11) is 1.58. The molecule has 0 unspecified atom stereocenters. The van der Waals surface area contributed by atoms with Gasteiger partial charge in [-0.3, -0.25) is 14.4 Å². The average Bonchev–Trinajstić information content (AvgIpc) is 3.01. The number of carbonyl (C=O) groups excluding carboxylic acids is 3. The van der Waals surface area contributed by atoms with Crippen LogP contribution in [0.5, 0.6) is 11.5 Å². The van der Waals surface area contributed by atoms with Crippen LogP contribution < -0.4 is 20.1 Å². The molecule has 4 aromatic carbocycles. The van der Waals surface area contributed by atoms with Gasteiger partial charge in [0.15, 0.2) is 5.78 Å². The van der Waals surface area contributed by atoms with Crippen molar-refractivity contribution in [3.05, 3.63) is 126 Å². The molecule has 2 amide bonds. The van der Waals surface area contributed by atoms with Gasteiger partial charge in [0.25, 0.3) is 11.8 Å². The normalized spacial score (nSPS) is 10.9. The van der Waals surface area contributed by atoms with E-state index in [4.69, 9.17) is 9.47 Å². The zero-order valence-electron chi connectivity index (χ0n) is 22.8. The number of amides is 2. The molecule has 2 N–H and O–H groups in total. The van der Waals surface area contributed by atoms with Crippen molar-refractivity contribution in [3.63, 3.8) is 0 Å². The molecule has 7 nitrogen and oxygen atoms in total. The van der Waals surface area contributed by atoms with Gasteiger partial charge in [-0.25, -0.2) is 0 Å². The number of benzene rings is 4. The SMILES string of the molecule is CCOc1ccccc1/C=C(\NC(=O)c1ccccc1)C(=O)Nc1cccc(SCC(=O)c2ccc(OC)cc2)c1. The van der Waals surface area contributed by atoms with Crippen LogP contribution in [0.1, 0.15) is 33.2 Å². The highest BCUT2D eigenvalue weighted by atomic mass is 32.2. The molecule has 0 bridgehead atoms. The zero-order valence-corrected chi connectivity index (χ0v) is 23.6. The number of carbonyl (C=O) groups is 3. The highest BCUT2D eigenvalue weighted by Gasteiger charge is 2.16. The molecule has 0 spiro atoms. The van der Waals surface area contributed by atoms with Crippen molar-refractivity contribution in [2.45, 2.75) is 11.8 Å². The predicted octanol–water partition coefficient (Wildman–Crippen LogP) is 6.48. The number of ether oxygens (including phenoxy) is 2. The molecule has 0 aliphatic heterocycles. The number of ketones is 1. The minimum absolute atomic E-state index is 0.0195. The third-order valence-electron chi connectivity index (χ3n) is 5.92. The molecular formula is C33H30N2O5S. The third kappa shape index (κ3) is 8.33. The molecule has 41 heavy (non-hydrogen) atoms. The number of methoxy groups -OCH3 is 1. The second kappa shape index (κ2) is 14.5. The summed E-state index contributed by atoms with van der Waals surface area (Å²) in [6.07, 6.45) is 1.59. The minimum atomic E-state index is -0.503. The van der Waals surface area contributed by atoms with Gasteiger partial charge in [0.05, 0.1) is 19.5 Å². The molecular weight excluding hydrogens is 536 g/mol. The van der Waals surface area contributed by atoms with Crippen LogP contribution >= 0.6 is 11.8 Å². The van der Waals surface area contributed by atoms with E-state index in [0.717, 1.165) is 4.90 Å². The fourth-order valence-electron chi connectivity index (χ4n) is 3.86. The second-order valence-electron chi connectivity index (χ2n) is 8.77. The van der Waals surface area contributed by atoms with Crippen LogP contribution in [0, 0.1) is 0 Å². The Morgan fingerprint density at radius 3 is 2.29 bits per heavy atom. The van der Waals surface area contributed by atoms with E-state index in [0.29, 0.717) is 40.5 Å². The van der Waals surface area contributed by atoms with Gasteiger partial charge in [-0.1, -0.05) is 42.5 Å². The van der Waals surface area contributed by atoms with Crippen molar-refractivity contribution in [2.24, 2.45) is 0 Å². The molecule has 4 aromatic rings. The van der Waals surface area contributed by atoms with Crippen LogP contribution in [0.2, 0.25) is 0 Å². The number of thioether (sulfide) groups is 1. The average molecular weight is 567 g/mol. The Morgan fingerprint density at radius 1 is 0.829 bits per heavy atom. The molecule has 0 aliphatic carbocycles. The smallest absolute Gasteiger partial charge is 0.272 e. The van der Waals surface area contributed by atoms with Gasteiger partial charge >= 0.3 is 0 Å². The Kier molecular flexibility index (Phi) is 10.3. The number of Topliss-reactive ketones (excluding diaryl/α,β-unsaturated/α-hetero) is 1. The maximum atomic E-state index is 13.5. The Bertz CT molecular complexity index is 1540. The summed E-state index contributed by atoms with van der Waals surface area (Å²) in [5, 5.41) is 5.62. The molecule has 4 rings (SSSR count). The first-order valence-corrected chi connectivity index (χ1v) is 14.0. The zero-order chi connectivity index (χ0) is 29.0. The number of anilines is 1. The minimum Gasteiger partial charge on any atom is -0.497 e. The third-order valence-corrected chi connectivity index (χ3v) is 6.92. The van der Waals surface area contributed by atoms with Gasteiger partial charge in [0.2, 0.25) is 0 Å². The molecule has 0 radical (unpaired) electrons. The first-order valence-electron chi connectivity index (χ1n) is 13.0. The molecule has 0 heterocycles. The quantitative estimate of drug-likeness (QED) is 0.116. The monoisotopic (exact) mass is 566 g/mol. The van der Waals surface area contributed by atoms with E-state index in [1.54, 1.807) is 86.0 Å². The van der Waals surface area contributed by atoms with E-state index in [1.165, 1.54) is 11.8 Å². The summed E-state index contributed by atoms with van der Waals surface area (Å²) < 4.78 is 10.9. The van der Waals surface area contributed by atoms with Crippen molar-refractivity contribution in [3.8, 4) is 11.5 Å². The van der Waals surface area contributed by atoms with Crippen molar-refractivity contribution >= 4 is 41.1 Å². The summed E-state index contributed by atoms with van der Waals surface area (Å²) in [4.78, 5) is 39.9. The van der Waals surface area contributed by atoms with Gasteiger partial charge in [-0.2, -0.15) is 0 Å². The molecule has 8 heteroatoms. The Balaban J connectivity index is 1.51. The summed E-state index contributed by atoms with van der Waals surface area (Å²) in [6, 6.07) is 30.1. The Morgan fingerprint density at radius 2 is 1.56 bits per heavy atom. The second-order valence-corrected chi connectivity index (χ2v) is 9.82. The van der Waals surface area contributed by atoms with E-state index in [9.17, 15) is 14.4 Å². The van der Waals surface area contributed by atoms with Crippen LogP contribution in [0.15, 0.2) is 114 Å². The lowest BCUT2D eigenvalue weighted by molar-refractivity contribution is -0.113.